The van der Waals surface area contributed by atoms with Crippen LogP contribution in [0, 0.1) is 6.92 Å². The molecule has 2 amide bonds. The van der Waals surface area contributed by atoms with Crippen molar-refractivity contribution in [2.75, 3.05) is 4.90 Å². The monoisotopic (exact) mass is 491 g/mol. The molecule has 0 fully saturated rings. The number of para-hydroxylation sites is 1. The quantitative estimate of drug-likeness (QED) is 0.285. The fourth-order valence-corrected chi connectivity index (χ4v) is 3.86. The van der Waals surface area contributed by atoms with Gasteiger partial charge in [0, 0.05) is 10.0 Å². The van der Waals surface area contributed by atoms with Gasteiger partial charge in [-0.1, -0.05) is 57.9 Å². The third-order valence-electron chi connectivity index (χ3n) is 5.20. The highest BCUT2D eigenvalue weighted by Gasteiger charge is 2.38. The van der Waals surface area contributed by atoms with E-state index >= 15 is 0 Å². The molecule has 0 saturated heterocycles. The third kappa shape index (κ3) is 3.87. The Morgan fingerprint density at radius 1 is 0.906 bits per heavy atom. The first-order chi connectivity index (χ1) is 15.3. The van der Waals surface area contributed by atoms with Crippen LogP contribution in [-0.4, -0.2) is 29.7 Å². The number of carbonyl (C=O) groups excluding carboxylic acids is 4. The number of ketones is 1. The molecule has 3 aromatic carbocycles. The summed E-state index contributed by atoms with van der Waals surface area (Å²) in [5.41, 5.74) is 2.06. The van der Waals surface area contributed by atoms with E-state index in [4.69, 9.17) is 4.74 Å². The standard InChI is InChI=1S/C25H18BrNO5/c1-14-7-9-16(10-8-14)22(28)15(2)32-25(31)19-5-3-4-6-21(19)27-23(29)18-12-11-17(26)13-20(18)24(27)30/h3-13,15H,1-2H3. The van der Waals surface area contributed by atoms with Gasteiger partial charge in [0.25, 0.3) is 11.8 Å². The minimum absolute atomic E-state index is 0.0182. The zero-order valence-corrected chi connectivity index (χ0v) is 18.9. The molecule has 0 aromatic heterocycles. The van der Waals surface area contributed by atoms with Crippen LogP contribution in [0.15, 0.2) is 71.2 Å². The number of halogens is 1. The van der Waals surface area contributed by atoms with Crippen molar-refractivity contribution in [2.45, 2.75) is 20.0 Å². The lowest BCUT2D eigenvalue weighted by Crippen LogP contribution is -2.32. The van der Waals surface area contributed by atoms with Gasteiger partial charge < -0.3 is 4.74 Å². The fraction of sp³-hybridized carbons (Fsp3) is 0.120. The molecule has 0 bridgehead atoms. The van der Waals surface area contributed by atoms with Crippen LogP contribution in [0.4, 0.5) is 5.69 Å². The van der Waals surface area contributed by atoms with E-state index in [1.54, 1.807) is 54.6 Å². The van der Waals surface area contributed by atoms with Gasteiger partial charge in [0.2, 0.25) is 5.78 Å². The normalized spacial score (nSPS) is 13.7. The number of ether oxygens (including phenoxy) is 1. The number of nitrogens with zero attached hydrogens (tertiary/aromatic N) is 1. The molecule has 4 rings (SSSR count). The van der Waals surface area contributed by atoms with Gasteiger partial charge in [0.1, 0.15) is 0 Å². The molecule has 0 radical (unpaired) electrons. The van der Waals surface area contributed by atoms with E-state index in [1.807, 2.05) is 6.92 Å². The molecule has 1 aliphatic rings. The first-order valence-electron chi connectivity index (χ1n) is 9.87. The minimum atomic E-state index is -1.05. The molecular weight excluding hydrogens is 474 g/mol. The first kappa shape index (κ1) is 21.6. The number of anilines is 1. The number of fused-ring (bicyclic) bond motifs is 1. The summed E-state index contributed by atoms with van der Waals surface area (Å²) in [5, 5.41) is 0. The number of benzene rings is 3. The van der Waals surface area contributed by atoms with Gasteiger partial charge in [-0.05, 0) is 44.2 Å². The van der Waals surface area contributed by atoms with Crippen molar-refractivity contribution < 1.29 is 23.9 Å². The van der Waals surface area contributed by atoms with Crippen LogP contribution in [0.25, 0.3) is 0 Å². The molecule has 32 heavy (non-hydrogen) atoms. The van der Waals surface area contributed by atoms with Gasteiger partial charge in [-0.2, -0.15) is 0 Å². The average Bonchev–Trinajstić information content (AvgIpc) is 3.03. The molecule has 6 nitrogen and oxygen atoms in total. The van der Waals surface area contributed by atoms with Gasteiger partial charge in [-0.25, -0.2) is 9.69 Å². The van der Waals surface area contributed by atoms with Gasteiger partial charge in [0.15, 0.2) is 6.10 Å². The summed E-state index contributed by atoms with van der Waals surface area (Å²) in [5.74, 6) is -2.20. The molecule has 7 heteroatoms. The van der Waals surface area contributed by atoms with E-state index < -0.39 is 23.9 Å². The average molecular weight is 492 g/mol. The summed E-state index contributed by atoms with van der Waals surface area (Å²) in [6, 6.07) is 17.9. The van der Waals surface area contributed by atoms with Gasteiger partial charge in [0.05, 0.1) is 22.4 Å². The molecule has 1 unspecified atom stereocenters. The Kier molecular flexibility index (Phi) is 5.76. The maximum Gasteiger partial charge on any atom is 0.340 e. The lowest BCUT2D eigenvalue weighted by atomic mass is 10.1. The smallest absolute Gasteiger partial charge is 0.340 e. The summed E-state index contributed by atoms with van der Waals surface area (Å²) in [7, 11) is 0. The number of hydrogen-bond acceptors (Lipinski definition) is 5. The SMILES string of the molecule is Cc1ccc(C(=O)C(C)OC(=O)c2ccccc2N2C(=O)c3ccc(Br)cc3C2=O)cc1. The predicted molar refractivity (Wildman–Crippen MR) is 122 cm³/mol. The first-order valence-corrected chi connectivity index (χ1v) is 10.7. The molecule has 3 aromatic rings. The Balaban J connectivity index is 1.61. The second-order valence-electron chi connectivity index (χ2n) is 7.43. The topological polar surface area (TPSA) is 80.8 Å². The number of hydrogen-bond donors (Lipinski definition) is 0. The van der Waals surface area contributed by atoms with Gasteiger partial charge in [-0.15, -0.1) is 0 Å². The molecule has 0 aliphatic carbocycles. The van der Waals surface area contributed by atoms with E-state index in [0.29, 0.717) is 10.0 Å². The van der Waals surface area contributed by atoms with E-state index in [1.165, 1.54) is 19.1 Å². The Morgan fingerprint density at radius 2 is 1.56 bits per heavy atom. The molecule has 1 aliphatic heterocycles. The molecular formula is C25H18BrNO5. The zero-order chi connectivity index (χ0) is 23.0. The second kappa shape index (κ2) is 8.51. The molecule has 0 N–H and O–H groups in total. The number of imide groups is 1. The van der Waals surface area contributed by atoms with Crippen molar-refractivity contribution in [3.05, 3.63) is 99.0 Å². The van der Waals surface area contributed by atoms with E-state index in [9.17, 15) is 19.2 Å². The molecule has 0 saturated carbocycles. The molecule has 0 spiro atoms. The van der Waals surface area contributed by atoms with Crippen molar-refractivity contribution in [2.24, 2.45) is 0 Å². The maximum atomic E-state index is 13.0. The number of rotatable bonds is 5. The molecule has 160 valence electrons. The number of carbonyl (C=O) groups is 4. The summed E-state index contributed by atoms with van der Waals surface area (Å²) >= 11 is 3.30. The van der Waals surface area contributed by atoms with Crippen LogP contribution in [0.2, 0.25) is 0 Å². The highest BCUT2D eigenvalue weighted by Crippen LogP contribution is 2.32. The zero-order valence-electron chi connectivity index (χ0n) is 17.3. The second-order valence-corrected chi connectivity index (χ2v) is 8.35. The number of aryl methyl sites for hydroxylation is 1. The van der Waals surface area contributed by atoms with E-state index in [0.717, 1.165) is 10.5 Å². The highest BCUT2D eigenvalue weighted by molar-refractivity contribution is 9.10. The highest BCUT2D eigenvalue weighted by atomic mass is 79.9. The Bertz CT molecular complexity index is 1270. The van der Waals surface area contributed by atoms with Crippen molar-refractivity contribution >= 4 is 45.2 Å². The Morgan fingerprint density at radius 3 is 2.28 bits per heavy atom. The molecule has 1 heterocycles. The van der Waals surface area contributed by atoms with Crippen molar-refractivity contribution in [3.8, 4) is 0 Å². The summed E-state index contributed by atoms with van der Waals surface area (Å²) < 4.78 is 6.07. The van der Waals surface area contributed by atoms with Crippen molar-refractivity contribution in [3.63, 3.8) is 0 Å². The van der Waals surface area contributed by atoms with Gasteiger partial charge in [-0.3, -0.25) is 14.4 Å². The number of Topliss-reactive ketones (excluding diaryl/α,β-unsaturated/α-hetero) is 1. The third-order valence-corrected chi connectivity index (χ3v) is 5.70. The van der Waals surface area contributed by atoms with E-state index in [2.05, 4.69) is 15.9 Å². The largest absolute Gasteiger partial charge is 0.451 e. The summed E-state index contributed by atoms with van der Waals surface area (Å²) in [6.07, 6.45) is -1.05. The van der Waals surface area contributed by atoms with Crippen molar-refractivity contribution in [1.82, 2.24) is 0 Å². The van der Waals surface area contributed by atoms with Crippen LogP contribution in [0.1, 0.15) is 53.9 Å². The number of amides is 2. The van der Waals surface area contributed by atoms with Crippen LogP contribution in [-0.2, 0) is 4.74 Å². The van der Waals surface area contributed by atoms with Crippen LogP contribution >= 0.6 is 15.9 Å². The van der Waals surface area contributed by atoms with Crippen molar-refractivity contribution in [1.29, 1.82) is 0 Å². The van der Waals surface area contributed by atoms with E-state index in [-0.39, 0.29) is 28.2 Å². The van der Waals surface area contributed by atoms with Crippen LogP contribution in [0.5, 0.6) is 0 Å². The lowest BCUT2D eigenvalue weighted by Gasteiger charge is -2.19. The Hall–Kier alpha value is -3.58. The van der Waals surface area contributed by atoms with Crippen LogP contribution in [0.3, 0.4) is 0 Å². The molecule has 1 atom stereocenters. The van der Waals surface area contributed by atoms with Crippen LogP contribution < -0.4 is 4.90 Å². The summed E-state index contributed by atoms with van der Waals surface area (Å²) in [4.78, 5) is 52.4. The Labute approximate surface area is 192 Å². The fourth-order valence-electron chi connectivity index (χ4n) is 3.50. The minimum Gasteiger partial charge on any atom is -0.451 e. The predicted octanol–water partition coefficient (Wildman–Crippen LogP) is 4.99. The summed E-state index contributed by atoms with van der Waals surface area (Å²) in [6.45, 7) is 3.40. The number of esters is 1. The van der Waals surface area contributed by atoms with Gasteiger partial charge >= 0.3 is 5.97 Å². The lowest BCUT2D eigenvalue weighted by molar-refractivity contribution is 0.0319. The maximum absolute atomic E-state index is 13.0.